The van der Waals surface area contributed by atoms with E-state index in [2.05, 4.69) is 0 Å². The topological polar surface area (TPSA) is 46.5 Å². The molecule has 2 atom stereocenters. The summed E-state index contributed by atoms with van der Waals surface area (Å²) < 4.78 is 44.6. The second kappa shape index (κ2) is 4.72. The minimum absolute atomic E-state index is 0.103. The van der Waals surface area contributed by atoms with Crippen LogP contribution in [0.5, 0.6) is 0 Å². The minimum atomic E-state index is -3.88. The van der Waals surface area contributed by atoms with Crippen LogP contribution < -0.4 is 0 Å². The molecule has 1 N–H and O–H groups in total. The number of hydrogen-bond donors (Lipinski definition) is 1. The van der Waals surface area contributed by atoms with Crippen LogP contribution in [0, 0.1) is 5.41 Å². The van der Waals surface area contributed by atoms with Gasteiger partial charge in [-0.15, -0.1) is 0 Å². The van der Waals surface area contributed by atoms with Crippen molar-refractivity contribution in [3.05, 3.63) is 0 Å². The Kier molecular flexibility index (Phi) is 4.00. The van der Waals surface area contributed by atoms with Crippen molar-refractivity contribution in [3.63, 3.8) is 0 Å². The van der Waals surface area contributed by atoms with E-state index in [1.165, 1.54) is 0 Å². The molecule has 0 saturated heterocycles. The van der Waals surface area contributed by atoms with Crippen LogP contribution in [0.15, 0.2) is 0 Å². The third-order valence-electron chi connectivity index (χ3n) is 3.55. The Hall–Kier alpha value is -0.780. The van der Waals surface area contributed by atoms with Gasteiger partial charge in [-0.25, -0.2) is 13.2 Å². The first-order chi connectivity index (χ1) is 8.02. The van der Waals surface area contributed by atoms with E-state index in [-0.39, 0.29) is 6.42 Å². The number of esters is 1. The predicted molar refractivity (Wildman–Crippen MR) is 58.8 cm³/mol. The molecule has 1 aliphatic carbocycles. The molecule has 0 amide bonds. The fourth-order valence-corrected chi connectivity index (χ4v) is 1.64. The molecular formula is C12H19F3O3. The lowest BCUT2D eigenvalue weighted by molar-refractivity contribution is -0.284. The highest BCUT2D eigenvalue weighted by Gasteiger charge is 2.58. The summed E-state index contributed by atoms with van der Waals surface area (Å²) in [6.45, 7) is 5.10. The molecule has 0 aromatic carbocycles. The Morgan fingerprint density at radius 3 is 2.44 bits per heavy atom. The number of halogens is 3. The molecule has 1 fully saturated rings. The Bertz CT molecular complexity index is 327. The molecule has 1 aliphatic rings. The van der Waals surface area contributed by atoms with Gasteiger partial charge in [0, 0.05) is 6.42 Å². The summed E-state index contributed by atoms with van der Waals surface area (Å²) in [5, 5.41) is 8.90. The quantitative estimate of drug-likeness (QED) is 0.801. The standard InChI is InChI=1S/C12H19F3O3/c1-4-10(2,3)9(16)18-8-5-6-12(15,17)11(13,14)7-8/h8,17H,4-7H2,1-3H3. The molecule has 6 heteroatoms. The van der Waals surface area contributed by atoms with Gasteiger partial charge >= 0.3 is 11.9 Å². The largest absolute Gasteiger partial charge is 0.462 e. The normalized spacial score (nSPS) is 32.1. The van der Waals surface area contributed by atoms with E-state index in [4.69, 9.17) is 9.84 Å². The molecule has 0 aromatic rings. The molecule has 0 aromatic heterocycles. The van der Waals surface area contributed by atoms with Gasteiger partial charge < -0.3 is 9.84 Å². The van der Waals surface area contributed by atoms with Gasteiger partial charge in [0.15, 0.2) is 0 Å². The Morgan fingerprint density at radius 1 is 1.44 bits per heavy atom. The summed E-state index contributed by atoms with van der Waals surface area (Å²) in [5.74, 6) is -7.96. The average Bonchev–Trinajstić information content (AvgIpc) is 2.23. The van der Waals surface area contributed by atoms with Gasteiger partial charge in [-0.05, 0) is 26.7 Å². The van der Waals surface area contributed by atoms with E-state index < -0.39 is 42.1 Å². The Labute approximate surface area is 104 Å². The summed E-state index contributed by atoms with van der Waals surface area (Å²) in [7, 11) is 0. The van der Waals surface area contributed by atoms with Crippen molar-refractivity contribution >= 4 is 5.97 Å². The second-order valence-electron chi connectivity index (χ2n) is 5.47. The van der Waals surface area contributed by atoms with Crippen molar-refractivity contribution in [2.75, 3.05) is 0 Å². The average molecular weight is 268 g/mol. The number of aliphatic hydroxyl groups is 1. The van der Waals surface area contributed by atoms with E-state index in [0.29, 0.717) is 6.42 Å². The number of rotatable bonds is 3. The predicted octanol–water partition coefficient (Wildman–Crippen LogP) is 2.81. The summed E-state index contributed by atoms with van der Waals surface area (Å²) >= 11 is 0. The molecule has 3 nitrogen and oxygen atoms in total. The third-order valence-corrected chi connectivity index (χ3v) is 3.55. The molecule has 106 valence electrons. The van der Waals surface area contributed by atoms with Gasteiger partial charge in [0.2, 0.25) is 0 Å². The summed E-state index contributed by atoms with van der Waals surface area (Å²) in [6, 6.07) is 0. The van der Waals surface area contributed by atoms with E-state index in [1.807, 2.05) is 0 Å². The first-order valence-electron chi connectivity index (χ1n) is 6.02. The Morgan fingerprint density at radius 2 is 2.00 bits per heavy atom. The molecular weight excluding hydrogens is 249 g/mol. The van der Waals surface area contributed by atoms with E-state index in [0.717, 1.165) is 0 Å². The third kappa shape index (κ3) is 2.96. The van der Waals surface area contributed by atoms with Crippen LogP contribution in [-0.2, 0) is 9.53 Å². The lowest BCUT2D eigenvalue weighted by atomic mass is 9.88. The van der Waals surface area contributed by atoms with Crippen LogP contribution >= 0.6 is 0 Å². The molecule has 18 heavy (non-hydrogen) atoms. The number of carbonyl (C=O) groups excluding carboxylic acids is 1. The highest BCUT2D eigenvalue weighted by atomic mass is 19.3. The fourth-order valence-electron chi connectivity index (χ4n) is 1.64. The van der Waals surface area contributed by atoms with Gasteiger partial charge in [-0.1, -0.05) is 6.92 Å². The lowest BCUT2D eigenvalue weighted by Crippen LogP contribution is -2.51. The van der Waals surface area contributed by atoms with Gasteiger partial charge in [-0.2, -0.15) is 0 Å². The van der Waals surface area contributed by atoms with Gasteiger partial charge in [0.25, 0.3) is 5.85 Å². The number of hydrogen-bond acceptors (Lipinski definition) is 3. The van der Waals surface area contributed by atoms with E-state index in [9.17, 15) is 18.0 Å². The second-order valence-corrected chi connectivity index (χ2v) is 5.47. The van der Waals surface area contributed by atoms with Crippen LogP contribution in [0.25, 0.3) is 0 Å². The molecule has 0 heterocycles. The lowest BCUT2D eigenvalue weighted by Gasteiger charge is -2.37. The van der Waals surface area contributed by atoms with Crippen LogP contribution in [0.4, 0.5) is 13.2 Å². The van der Waals surface area contributed by atoms with Crippen molar-refractivity contribution in [1.82, 2.24) is 0 Å². The zero-order chi connectivity index (χ0) is 14.2. The van der Waals surface area contributed by atoms with Crippen LogP contribution in [0.2, 0.25) is 0 Å². The van der Waals surface area contributed by atoms with Gasteiger partial charge in [0.1, 0.15) is 6.10 Å². The smallest absolute Gasteiger partial charge is 0.311 e. The highest BCUT2D eigenvalue weighted by Crippen LogP contribution is 2.44. The molecule has 1 saturated carbocycles. The maximum Gasteiger partial charge on any atom is 0.311 e. The molecule has 2 unspecified atom stereocenters. The maximum atomic E-state index is 13.2. The number of alkyl halides is 3. The van der Waals surface area contributed by atoms with Crippen LogP contribution in [-0.4, -0.2) is 29.0 Å². The van der Waals surface area contributed by atoms with Crippen LogP contribution in [0.3, 0.4) is 0 Å². The molecule has 0 bridgehead atoms. The van der Waals surface area contributed by atoms with Crippen molar-refractivity contribution in [3.8, 4) is 0 Å². The van der Waals surface area contributed by atoms with Crippen molar-refractivity contribution < 1.29 is 27.8 Å². The fraction of sp³-hybridized carbons (Fsp3) is 0.917. The van der Waals surface area contributed by atoms with Crippen molar-refractivity contribution in [1.29, 1.82) is 0 Å². The summed E-state index contributed by atoms with van der Waals surface area (Å²) in [5.41, 5.74) is -0.751. The molecule has 0 aliphatic heterocycles. The Balaban J connectivity index is 2.65. The highest BCUT2D eigenvalue weighted by molar-refractivity contribution is 5.76. The minimum Gasteiger partial charge on any atom is -0.462 e. The van der Waals surface area contributed by atoms with Gasteiger partial charge in [0.05, 0.1) is 11.8 Å². The molecule has 0 radical (unpaired) electrons. The SMILES string of the molecule is CCC(C)(C)C(=O)OC1CCC(O)(F)C(F)(F)C1. The van der Waals surface area contributed by atoms with E-state index >= 15 is 0 Å². The van der Waals surface area contributed by atoms with E-state index in [1.54, 1.807) is 20.8 Å². The molecule has 1 rings (SSSR count). The van der Waals surface area contributed by atoms with Crippen molar-refractivity contribution in [2.24, 2.45) is 5.41 Å². The first kappa shape index (κ1) is 15.3. The first-order valence-corrected chi connectivity index (χ1v) is 6.02. The zero-order valence-corrected chi connectivity index (χ0v) is 10.8. The summed E-state index contributed by atoms with van der Waals surface area (Å²) in [6.07, 6.45) is -2.35. The maximum absolute atomic E-state index is 13.2. The van der Waals surface area contributed by atoms with Crippen molar-refractivity contribution in [2.45, 2.75) is 64.3 Å². The zero-order valence-electron chi connectivity index (χ0n) is 10.8. The summed E-state index contributed by atoms with van der Waals surface area (Å²) in [4.78, 5) is 11.7. The van der Waals surface area contributed by atoms with Crippen LogP contribution in [0.1, 0.15) is 46.5 Å². The monoisotopic (exact) mass is 268 g/mol. The molecule has 0 spiro atoms. The number of carbonyl (C=O) groups is 1. The number of ether oxygens (including phenoxy) is 1. The van der Waals surface area contributed by atoms with Gasteiger partial charge in [-0.3, -0.25) is 4.79 Å².